The summed E-state index contributed by atoms with van der Waals surface area (Å²) in [6.45, 7) is -0.197. The van der Waals surface area contributed by atoms with Crippen LogP contribution >= 0.6 is 34.8 Å². The second-order valence-corrected chi connectivity index (χ2v) is 5.70. The highest BCUT2D eigenvalue weighted by Crippen LogP contribution is 2.35. The first-order valence-electron chi connectivity index (χ1n) is 6.40. The van der Waals surface area contributed by atoms with Gasteiger partial charge >= 0.3 is 5.97 Å². The summed E-state index contributed by atoms with van der Waals surface area (Å²) in [5, 5.41) is 0.817. The van der Waals surface area contributed by atoms with E-state index in [4.69, 9.17) is 53.8 Å². The topological polar surface area (TPSA) is 54.0 Å². The summed E-state index contributed by atoms with van der Waals surface area (Å²) in [7, 11) is 0. The number of hydrogen-bond acceptors (Lipinski definition) is 5. The van der Waals surface area contributed by atoms with Crippen LogP contribution in [-0.2, 0) is 4.79 Å². The van der Waals surface area contributed by atoms with Crippen molar-refractivity contribution in [2.75, 3.05) is 13.4 Å². The van der Waals surface area contributed by atoms with Gasteiger partial charge in [0.15, 0.2) is 18.1 Å². The summed E-state index contributed by atoms with van der Waals surface area (Å²) < 4.78 is 20.8. The van der Waals surface area contributed by atoms with E-state index in [9.17, 15) is 4.79 Å². The molecule has 0 aliphatic carbocycles. The van der Waals surface area contributed by atoms with Gasteiger partial charge in [-0.15, -0.1) is 0 Å². The van der Waals surface area contributed by atoms with E-state index in [0.717, 1.165) is 0 Å². The van der Waals surface area contributed by atoms with Crippen LogP contribution in [-0.4, -0.2) is 19.4 Å². The fourth-order valence-electron chi connectivity index (χ4n) is 1.85. The fraction of sp³-hybridized carbons (Fsp3) is 0.133. The minimum absolute atomic E-state index is 0.145. The number of hydrogen-bond donors (Lipinski definition) is 0. The number of benzene rings is 2. The molecule has 1 aliphatic rings. The third kappa shape index (κ3) is 3.75. The van der Waals surface area contributed by atoms with Crippen LogP contribution in [0.4, 0.5) is 0 Å². The van der Waals surface area contributed by atoms with E-state index in [1.807, 2.05) is 0 Å². The Labute approximate surface area is 146 Å². The highest BCUT2D eigenvalue weighted by Gasteiger charge is 2.16. The zero-order valence-electron chi connectivity index (χ0n) is 11.5. The van der Waals surface area contributed by atoms with Crippen molar-refractivity contribution >= 4 is 40.8 Å². The number of carbonyl (C=O) groups excluding carboxylic acids is 1. The molecule has 0 bridgehead atoms. The average Bonchev–Trinajstić information content (AvgIpc) is 2.97. The predicted molar refractivity (Wildman–Crippen MR) is 85.2 cm³/mol. The van der Waals surface area contributed by atoms with E-state index >= 15 is 0 Å². The Morgan fingerprint density at radius 1 is 1.00 bits per heavy atom. The molecule has 0 spiro atoms. The van der Waals surface area contributed by atoms with Crippen molar-refractivity contribution < 1.29 is 23.7 Å². The van der Waals surface area contributed by atoms with Gasteiger partial charge in [-0.2, -0.15) is 0 Å². The van der Waals surface area contributed by atoms with Gasteiger partial charge in [-0.3, -0.25) is 0 Å². The number of esters is 1. The monoisotopic (exact) mass is 374 g/mol. The third-order valence-corrected chi connectivity index (χ3v) is 3.91. The van der Waals surface area contributed by atoms with Crippen molar-refractivity contribution in [3.63, 3.8) is 0 Å². The summed E-state index contributed by atoms with van der Waals surface area (Å²) in [5.74, 6) is 1.07. The van der Waals surface area contributed by atoms with Crippen LogP contribution in [0.15, 0.2) is 30.3 Å². The molecule has 2 aromatic rings. The lowest BCUT2D eigenvalue weighted by Crippen LogP contribution is -2.17. The number of carbonyl (C=O) groups is 1. The van der Waals surface area contributed by atoms with Crippen molar-refractivity contribution in [2.24, 2.45) is 0 Å². The maximum Gasteiger partial charge on any atom is 0.349 e. The lowest BCUT2D eigenvalue weighted by molar-refractivity contribution is -0.136. The lowest BCUT2D eigenvalue weighted by atomic mass is 10.3. The van der Waals surface area contributed by atoms with Crippen molar-refractivity contribution in [3.8, 4) is 23.0 Å². The van der Waals surface area contributed by atoms with E-state index in [1.54, 1.807) is 18.2 Å². The lowest BCUT2D eigenvalue weighted by Gasteiger charge is -2.09. The Balaban J connectivity index is 1.61. The number of rotatable bonds is 4. The molecule has 0 N–H and O–H groups in total. The van der Waals surface area contributed by atoms with Crippen LogP contribution in [0, 0.1) is 0 Å². The summed E-state index contributed by atoms with van der Waals surface area (Å²) in [4.78, 5) is 11.8. The van der Waals surface area contributed by atoms with Gasteiger partial charge in [-0.05, 0) is 18.2 Å². The van der Waals surface area contributed by atoms with Gasteiger partial charge in [0.1, 0.15) is 11.5 Å². The highest BCUT2D eigenvalue weighted by molar-refractivity contribution is 6.43. The SMILES string of the molecule is O=C(COc1cc(Cl)c(Cl)cc1Cl)Oc1ccc2c(c1)OCO2. The van der Waals surface area contributed by atoms with E-state index in [-0.39, 0.29) is 29.2 Å². The summed E-state index contributed by atoms with van der Waals surface area (Å²) in [6, 6.07) is 7.68. The van der Waals surface area contributed by atoms with E-state index < -0.39 is 5.97 Å². The number of ether oxygens (including phenoxy) is 4. The van der Waals surface area contributed by atoms with Crippen molar-refractivity contribution in [3.05, 3.63) is 45.4 Å². The van der Waals surface area contributed by atoms with Crippen LogP contribution in [0.25, 0.3) is 0 Å². The molecule has 5 nitrogen and oxygen atoms in total. The summed E-state index contributed by atoms with van der Waals surface area (Å²) in [5.41, 5.74) is 0. The van der Waals surface area contributed by atoms with Gasteiger partial charge in [0.2, 0.25) is 6.79 Å². The maximum atomic E-state index is 11.8. The molecule has 0 radical (unpaired) electrons. The molecule has 0 amide bonds. The maximum absolute atomic E-state index is 11.8. The van der Waals surface area contributed by atoms with Gasteiger partial charge < -0.3 is 18.9 Å². The predicted octanol–water partition coefficient (Wildman–Crippen LogP) is 4.36. The normalized spacial score (nSPS) is 12.1. The Kier molecular flexibility index (Phi) is 4.71. The van der Waals surface area contributed by atoms with Crippen LogP contribution in [0.1, 0.15) is 0 Å². The summed E-state index contributed by atoms with van der Waals surface area (Å²) in [6.07, 6.45) is 0. The summed E-state index contributed by atoms with van der Waals surface area (Å²) >= 11 is 17.6. The second kappa shape index (κ2) is 6.74. The Bertz CT molecular complexity index is 763. The molecule has 0 fully saturated rings. The van der Waals surface area contributed by atoms with Crippen molar-refractivity contribution in [1.82, 2.24) is 0 Å². The minimum Gasteiger partial charge on any atom is -0.480 e. The smallest absolute Gasteiger partial charge is 0.349 e. The first-order chi connectivity index (χ1) is 11.0. The van der Waals surface area contributed by atoms with Crippen molar-refractivity contribution in [2.45, 2.75) is 0 Å². The van der Waals surface area contributed by atoms with Gasteiger partial charge in [0.25, 0.3) is 0 Å². The van der Waals surface area contributed by atoms with Gasteiger partial charge in [-0.1, -0.05) is 34.8 Å². The zero-order valence-corrected chi connectivity index (χ0v) is 13.7. The zero-order chi connectivity index (χ0) is 16.4. The molecule has 3 rings (SSSR count). The fourth-order valence-corrected chi connectivity index (χ4v) is 2.44. The van der Waals surface area contributed by atoms with E-state index in [1.165, 1.54) is 12.1 Å². The van der Waals surface area contributed by atoms with Crippen LogP contribution in [0.2, 0.25) is 15.1 Å². The first kappa shape index (κ1) is 16.1. The first-order valence-corrected chi connectivity index (χ1v) is 7.54. The standard InChI is InChI=1S/C15H9Cl3O5/c16-9-4-11(18)13(5-10(9)17)20-6-15(19)23-8-1-2-12-14(3-8)22-7-21-12/h1-5H,6-7H2. The molecule has 0 unspecified atom stereocenters. The van der Waals surface area contributed by atoms with Crippen LogP contribution in [0.3, 0.4) is 0 Å². The Morgan fingerprint density at radius 2 is 1.74 bits per heavy atom. The largest absolute Gasteiger partial charge is 0.480 e. The quantitative estimate of drug-likeness (QED) is 0.451. The molecule has 0 saturated carbocycles. The molecule has 0 saturated heterocycles. The molecule has 23 heavy (non-hydrogen) atoms. The van der Waals surface area contributed by atoms with E-state index in [0.29, 0.717) is 22.3 Å². The average molecular weight is 376 g/mol. The second-order valence-electron chi connectivity index (χ2n) is 4.47. The number of halogens is 3. The molecule has 120 valence electrons. The molecule has 1 heterocycles. The molecule has 0 atom stereocenters. The van der Waals surface area contributed by atoms with Gasteiger partial charge in [0, 0.05) is 12.1 Å². The minimum atomic E-state index is -0.606. The molecular weight excluding hydrogens is 367 g/mol. The van der Waals surface area contributed by atoms with Crippen LogP contribution < -0.4 is 18.9 Å². The molecule has 1 aliphatic heterocycles. The molecule has 8 heteroatoms. The van der Waals surface area contributed by atoms with Crippen LogP contribution in [0.5, 0.6) is 23.0 Å². The van der Waals surface area contributed by atoms with E-state index in [2.05, 4.69) is 0 Å². The molecule has 2 aromatic carbocycles. The van der Waals surface area contributed by atoms with Gasteiger partial charge in [-0.25, -0.2) is 4.79 Å². The third-order valence-electron chi connectivity index (χ3n) is 2.90. The number of fused-ring (bicyclic) bond motifs is 1. The Morgan fingerprint density at radius 3 is 2.57 bits per heavy atom. The molecule has 0 aromatic heterocycles. The Hall–Kier alpha value is -1.82. The van der Waals surface area contributed by atoms with Crippen molar-refractivity contribution in [1.29, 1.82) is 0 Å². The highest BCUT2D eigenvalue weighted by atomic mass is 35.5. The van der Waals surface area contributed by atoms with Gasteiger partial charge in [0.05, 0.1) is 15.1 Å². The molecular formula is C15H9Cl3O5.